The van der Waals surface area contributed by atoms with Crippen LogP contribution in [0.4, 0.5) is 0 Å². The largest absolute Gasteiger partial charge is 0.505 e. The van der Waals surface area contributed by atoms with E-state index in [1.807, 2.05) is 18.2 Å². The van der Waals surface area contributed by atoms with E-state index >= 15 is 0 Å². The van der Waals surface area contributed by atoms with Gasteiger partial charge in [0, 0.05) is 15.2 Å². The number of halogens is 2. The van der Waals surface area contributed by atoms with E-state index in [1.54, 1.807) is 6.20 Å². The standard InChI is InChI=1S/C9H5I2NO/c10-6-4-5-2-1-3-12-8(5)9(13)7(6)11/h1-4,13H. The Bertz CT molecular complexity index is 470. The van der Waals surface area contributed by atoms with Gasteiger partial charge in [-0.05, 0) is 57.3 Å². The normalized spacial score (nSPS) is 10.6. The summed E-state index contributed by atoms with van der Waals surface area (Å²) in [7, 11) is 0. The highest BCUT2D eigenvalue weighted by Gasteiger charge is 2.08. The van der Waals surface area contributed by atoms with Crippen LogP contribution in [0.3, 0.4) is 0 Å². The maximum atomic E-state index is 9.76. The first-order valence-corrected chi connectivity index (χ1v) is 5.77. The van der Waals surface area contributed by atoms with Crippen LogP contribution in [0, 0.1) is 7.14 Å². The molecule has 0 fully saturated rings. The van der Waals surface area contributed by atoms with E-state index in [4.69, 9.17) is 0 Å². The number of pyridine rings is 1. The molecular formula is C9H5I2NO. The molecule has 0 aliphatic carbocycles. The van der Waals surface area contributed by atoms with Crippen molar-refractivity contribution in [2.24, 2.45) is 0 Å². The summed E-state index contributed by atoms with van der Waals surface area (Å²) >= 11 is 4.32. The minimum absolute atomic E-state index is 0.281. The number of hydrogen-bond donors (Lipinski definition) is 1. The third kappa shape index (κ3) is 1.61. The van der Waals surface area contributed by atoms with E-state index in [0.717, 1.165) is 12.5 Å². The van der Waals surface area contributed by atoms with Crippen molar-refractivity contribution < 1.29 is 5.11 Å². The van der Waals surface area contributed by atoms with E-state index in [1.165, 1.54) is 0 Å². The molecule has 2 aromatic rings. The summed E-state index contributed by atoms with van der Waals surface area (Å²) in [5.74, 6) is 0.281. The molecule has 0 atom stereocenters. The molecule has 0 unspecified atom stereocenters. The van der Waals surface area contributed by atoms with Crippen LogP contribution < -0.4 is 0 Å². The van der Waals surface area contributed by atoms with E-state index in [9.17, 15) is 5.11 Å². The monoisotopic (exact) mass is 397 g/mol. The quantitative estimate of drug-likeness (QED) is 0.694. The van der Waals surface area contributed by atoms with Gasteiger partial charge in [0.1, 0.15) is 5.52 Å². The van der Waals surface area contributed by atoms with Crippen molar-refractivity contribution in [3.8, 4) is 5.75 Å². The molecule has 1 aromatic heterocycles. The van der Waals surface area contributed by atoms with Gasteiger partial charge in [-0.25, -0.2) is 0 Å². The first-order valence-electron chi connectivity index (χ1n) is 3.62. The van der Waals surface area contributed by atoms with Crippen molar-refractivity contribution in [2.75, 3.05) is 0 Å². The molecule has 0 bridgehead atoms. The van der Waals surface area contributed by atoms with Crippen LogP contribution in [0.25, 0.3) is 10.9 Å². The first kappa shape index (κ1) is 9.45. The zero-order chi connectivity index (χ0) is 9.42. The number of hydrogen-bond acceptors (Lipinski definition) is 2. The molecule has 0 saturated carbocycles. The molecule has 0 amide bonds. The molecular weight excluding hydrogens is 392 g/mol. The van der Waals surface area contributed by atoms with Crippen molar-refractivity contribution in [3.05, 3.63) is 31.5 Å². The highest BCUT2D eigenvalue weighted by Crippen LogP contribution is 2.31. The van der Waals surface area contributed by atoms with Crippen molar-refractivity contribution in [3.63, 3.8) is 0 Å². The number of fused-ring (bicyclic) bond motifs is 1. The second-order valence-corrected chi connectivity index (χ2v) is 4.84. The van der Waals surface area contributed by atoms with Crippen LogP contribution in [0.2, 0.25) is 0 Å². The predicted octanol–water partition coefficient (Wildman–Crippen LogP) is 3.15. The lowest BCUT2D eigenvalue weighted by Gasteiger charge is -2.03. The van der Waals surface area contributed by atoms with Crippen LogP contribution >= 0.6 is 45.2 Å². The Morgan fingerprint density at radius 1 is 1.31 bits per heavy atom. The van der Waals surface area contributed by atoms with Gasteiger partial charge in [-0.2, -0.15) is 0 Å². The molecule has 66 valence electrons. The minimum Gasteiger partial charge on any atom is -0.505 e. The fourth-order valence-corrected chi connectivity index (χ4v) is 2.15. The summed E-state index contributed by atoms with van der Waals surface area (Å²) in [6.07, 6.45) is 1.69. The summed E-state index contributed by atoms with van der Waals surface area (Å²) in [5.41, 5.74) is 0.673. The highest BCUT2D eigenvalue weighted by atomic mass is 127. The minimum atomic E-state index is 0.281. The topological polar surface area (TPSA) is 33.1 Å². The molecule has 4 heteroatoms. The van der Waals surface area contributed by atoms with Crippen LogP contribution in [-0.4, -0.2) is 10.1 Å². The maximum absolute atomic E-state index is 9.76. The lowest BCUT2D eigenvalue weighted by molar-refractivity contribution is 0.476. The fourth-order valence-electron chi connectivity index (χ4n) is 1.15. The Morgan fingerprint density at radius 3 is 2.85 bits per heavy atom. The second kappa shape index (κ2) is 3.56. The van der Waals surface area contributed by atoms with Crippen LogP contribution in [0.15, 0.2) is 24.4 Å². The lowest BCUT2D eigenvalue weighted by atomic mass is 10.2. The summed E-state index contributed by atoms with van der Waals surface area (Å²) < 4.78 is 1.92. The zero-order valence-corrected chi connectivity index (χ0v) is 10.8. The summed E-state index contributed by atoms with van der Waals surface area (Å²) in [6, 6.07) is 5.83. The van der Waals surface area contributed by atoms with Crippen molar-refractivity contribution in [1.82, 2.24) is 4.98 Å². The smallest absolute Gasteiger partial charge is 0.156 e. The fraction of sp³-hybridized carbons (Fsp3) is 0. The van der Waals surface area contributed by atoms with Gasteiger partial charge >= 0.3 is 0 Å². The third-order valence-electron chi connectivity index (χ3n) is 1.76. The molecule has 13 heavy (non-hydrogen) atoms. The Morgan fingerprint density at radius 2 is 2.08 bits per heavy atom. The average Bonchev–Trinajstić information content (AvgIpc) is 2.15. The van der Waals surface area contributed by atoms with E-state index in [0.29, 0.717) is 5.52 Å². The number of aromatic hydroxyl groups is 1. The number of aromatic nitrogens is 1. The van der Waals surface area contributed by atoms with E-state index in [2.05, 4.69) is 50.2 Å². The lowest BCUT2D eigenvalue weighted by Crippen LogP contribution is -1.85. The molecule has 1 aromatic carbocycles. The van der Waals surface area contributed by atoms with Gasteiger partial charge in [-0.15, -0.1) is 0 Å². The molecule has 0 aliphatic rings. The Balaban J connectivity index is 2.94. The van der Waals surface area contributed by atoms with Gasteiger partial charge in [0.25, 0.3) is 0 Å². The molecule has 2 nitrogen and oxygen atoms in total. The first-order chi connectivity index (χ1) is 6.20. The number of benzene rings is 1. The van der Waals surface area contributed by atoms with Crippen LogP contribution in [-0.2, 0) is 0 Å². The van der Waals surface area contributed by atoms with Gasteiger partial charge in [-0.3, -0.25) is 4.98 Å². The van der Waals surface area contributed by atoms with Gasteiger partial charge in [0.15, 0.2) is 5.75 Å². The maximum Gasteiger partial charge on any atom is 0.156 e. The Kier molecular flexibility index (Phi) is 2.59. The molecule has 0 saturated heterocycles. The highest BCUT2D eigenvalue weighted by molar-refractivity contribution is 14.1. The van der Waals surface area contributed by atoms with Crippen LogP contribution in [0.1, 0.15) is 0 Å². The van der Waals surface area contributed by atoms with Gasteiger partial charge in [-0.1, -0.05) is 6.07 Å². The van der Waals surface area contributed by atoms with Crippen molar-refractivity contribution in [1.29, 1.82) is 0 Å². The number of phenolic OH excluding ortho intramolecular Hbond substituents is 1. The average molecular weight is 397 g/mol. The second-order valence-electron chi connectivity index (χ2n) is 2.60. The molecule has 0 radical (unpaired) electrons. The van der Waals surface area contributed by atoms with Gasteiger partial charge in [0.2, 0.25) is 0 Å². The molecule has 0 spiro atoms. The summed E-state index contributed by atoms with van der Waals surface area (Å²) in [4.78, 5) is 4.12. The predicted molar refractivity (Wildman–Crippen MR) is 68.8 cm³/mol. The summed E-state index contributed by atoms with van der Waals surface area (Å²) in [6.45, 7) is 0. The third-order valence-corrected chi connectivity index (χ3v) is 4.74. The van der Waals surface area contributed by atoms with Crippen LogP contribution in [0.5, 0.6) is 5.75 Å². The summed E-state index contributed by atoms with van der Waals surface area (Å²) in [5, 5.41) is 10.7. The molecule has 0 aliphatic heterocycles. The van der Waals surface area contributed by atoms with Gasteiger partial charge in [0.05, 0.1) is 3.57 Å². The van der Waals surface area contributed by atoms with E-state index in [-0.39, 0.29) is 5.75 Å². The molecule has 2 rings (SSSR count). The molecule has 1 heterocycles. The van der Waals surface area contributed by atoms with Crippen molar-refractivity contribution in [2.45, 2.75) is 0 Å². The SMILES string of the molecule is Oc1c(I)c(I)cc2cccnc12. The van der Waals surface area contributed by atoms with Gasteiger partial charge < -0.3 is 5.11 Å². The molecule has 1 N–H and O–H groups in total. The Hall–Kier alpha value is -0.110. The number of rotatable bonds is 0. The number of phenols is 1. The van der Waals surface area contributed by atoms with Crippen molar-refractivity contribution >= 4 is 56.1 Å². The Labute approximate surface area is 103 Å². The van der Waals surface area contributed by atoms with E-state index < -0.39 is 0 Å². The zero-order valence-electron chi connectivity index (χ0n) is 6.46. The number of nitrogens with zero attached hydrogens (tertiary/aromatic N) is 1.